The lowest BCUT2D eigenvalue weighted by Crippen LogP contribution is -2.27. The van der Waals surface area contributed by atoms with Crippen LogP contribution in [0, 0.1) is 5.82 Å². The highest BCUT2D eigenvalue weighted by Crippen LogP contribution is 2.31. The first kappa shape index (κ1) is 20.9. The van der Waals surface area contributed by atoms with Crippen molar-refractivity contribution in [2.24, 2.45) is 0 Å². The van der Waals surface area contributed by atoms with Gasteiger partial charge in [-0.05, 0) is 72.9 Å². The number of rotatable bonds is 7. The molecule has 5 nitrogen and oxygen atoms in total. The lowest BCUT2D eigenvalue weighted by molar-refractivity contribution is -0.116. The number of aromatic nitrogens is 1. The molecule has 1 aliphatic rings. The molecule has 3 aromatic carbocycles. The molecule has 166 valence electrons. The van der Waals surface area contributed by atoms with E-state index in [9.17, 15) is 14.0 Å². The molecule has 1 fully saturated rings. The summed E-state index contributed by atoms with van der Waals surface area (Å²) in [5, 5.41) is 6.91. The Hall–Kier alpha value is -3.93. The van der Waals surface area contributed by atoms with E-state index >= 15 is 0 Å². The average molecular weight is 442 g/mol. The Morgan fingerprint density at radius 2 is 1.67 bits per heavy atom. The van der Waals surface area contributed by atoms with Crippen LogP contribution in [0.5, 0.6) is 0 Å². The molecular formula is C27H24FN3O2. The van der Waals surface area contributed by atoms with Crippen LogP contribution in [-0.2, 0) is 11.2 Å². The smallest absolute Gasteiger partial charge is 0.253 e. The fourth-order valence-electron chi connectivity index (χ4n) is 4.05. The molecule has 1 saturated carbocycles. The summed E-state index contributed by atoms with van der Waals surface area (Å²) in [5.41, 5.74) is 4.70. The number of hydrogen-bond donors (Lipinski definition) is 3. The van der Waals surface area contributed by atoms with Crippen LogP contribution >= 0.6 is 0 Å². The van der Waals surface area contributed by atoms with Gasteiger partial charge in [0.15, 0.2) is 0 Å². The monoisotopic (exact) mass is 441 g/mol. The van der Waals surface area contributed by atoms with Crippen LogP contribution in [0.15, 0.2) is 72.8 Å². The molecule has 0 atom stereocenters. The minimum absolute atomic E-state index is 0.163. The summed E-state index contributed by atoms with van der Waals surface area (Å²) < 4.78 is 13.4. The highest BCUT2D eigenvalue weighted by Gasteiger charge is 2.25. The summed E-state index contributed by atoms with van der Waals surface area (Å²) in [5.74, 6) is -0.624. The van der Waals surface area contributed by atoms with Crippen molar-refractivity contribution in [1.82, 2.24) is 10.3 Å². The van der Waals surface area contributed by atoms with E-state index in [1.165, 1.54) is 12.1 Å². The van der Waals surface area contributed by atoms with Gasteiger partial charge in [0.2, 0.25) is 5.91 Å². The SMILES string of the molecule is O=C(CCc1c(-c2ccc(F)cc2)[nH]c2ccccc12)Nc1ccccc1C(=O)NC1CC1. The fraction of sp³-hybridized carbons (Fsp3) is 0.185. The van der Waals surface area contributed by atoms with E-state index in [0.29, 0.717) is 17.7 Å². The Bertz CT molecular complexity index is 1320. The third kappa shape index (κ3) is 4.65. The maximum absolute atomic E-state index is 13.4. The topological polar surface area (TPSA) is 74.0 Å². The first-order chi connectivity index (χ1) is 16.1. The van der Waals surface area contributed by atoms with Crippen molar-refractivity contribution in [1.29, 1.82) is 0 Å². The number of nitrogens with one attached hydrogen (secondary N) is 3. The second kappa shape index (κ2) is 8.90. The van der Waals surface area contributed by atoms with Gasteiger partial charge >= 0.3 is 0 Å². The van der Waals surface area contributed by atoms with Gasteiger partial charge in [-0.3, -0.25) is 9.59 Å². The van der Waals surface area contributed by atoms with E-state index in [0.717, 1.165) is 40.6 Å². The van der Waals surface area contributed by atoms with Crippen molar-refractivity contribution in [2.75, 3.05) is 5.32 Å². The Labute approximate surface area is 191 Å². The van der Waals surface area contributed by atoms with E-state index in [1.807, 2.05) is 24.3 Å². The third-order valence-electron chi connectivity index (χ3n) is 5.91. The molecule has 33 heavy (non-hydrogen) atoms. The Kier molecular flexibility index (Phi) is 5.65. The van der Waals surface area contributed by atoms with Gasteiger partial charge in [-0.2, -0.15) is 0 Å². The van der Waals surface area contributed by atoms with Crippen LogP contribution < -0.4 is 10.6 Å². The molecule has 1 aliphatic carbocycles. The molecule has 3 N–H and O–H groups in total. The van der Waals surface area contributed by atoms with E-state index in [2.05, 4.69) is 15.6 Å². The van der Waals surface area contributed by atoms with Gasteiger partial charge in [0, 0.05) is 29.1 Å². The highest BCUT2D eigenvalue weighted by atomic mass is 19.1. The van der Waals surface area contributed by atoms with E-state index in [1.54, 1.807) is 36.4 Å². The number of carbonyl (C=O) groups is 2. The third-order valence-corrected chi connectivity index (χ3v) is 5.91. The van der Waals surface area contributed by atoms with Crippen LogP contribution in [0.4, 0.5) is 10.1 Å². The second-order valence-corrected chi connectivity index (χ2v) is 8.37. The molecule has 0 spiro atoms. The number of aromatic amines is 1. The predicted molar refractivity (Wildman–Crippen MR) is 128 cm³/mol. The summed E-state index contributed by atoms with van der Waals surface area (Å²) in [6.45, 7) is 0. The minimum atomic E-state index is -0.292. The number of para-hydroxylation sites is 2. The molecule has 1 heterocycles. The molecule has 1 aromatic heterocycles. The lowest BCUT2D eigenvalue weighted by atomic mass is 10.0. The number of H-pyrrole nitrogens is 1. The van der Waals surface area contributed by atoms with E-state index < -0.39 is 0 Å². The predicted octanol–water partition coefficient (Wildman–Crippen LogP) is 5.44. The first-order valence-electron chi connectivity index (χ1n) is 11.1. The number of fused-ring (bicyclic) bond motifs is 1. The zero-order valence-corrected chi connectivity index (χ0v) is 18.0. The van der Waals surface area contributed by atoms with Crippen molar-refractivity contribution in [2.45, 2.75) is 31.7 Å². The van der Waals surface area contributed by atoms with Crippen molar-refractivity contribution >= 4 is 28.4 Å². The maximum atomic E-state index is 13.4. The van der Waals surface area contributed by atoms with Crippen molar-refractivity contribution < 1.29 is 14.0 Å². The normalized spacial score (nSPS) is 13.1. The Morgan fingerprint density at radius 1 is 0.939 bits per heavy atom. The standard InChI is InChI=1S/C27H24FN3O2/c28-18-11-9-17(10-12-18)26-21(20-5-1-3-7-23(20)31-26)15-16-25(32)30-24-8-4-2-6-22(24)27(33)29-19-13-14-19/h1-12,19,31H,13-16H2,(H,29,33)(H,30,32). The number of benzene rings is 3. The van der Waals surface area contributed by atoms with Gasteiger partial charge in [-0.15, -0.1) is 0 Å². The number of halogens is 1. The molecule has 4 aromatic rings. The van der Waals surface area contributed by atoms with Gasteiger partial charge < -0.3 is 15.6 Å². The van der Waals surface area contributed by atoms with Crippen molar-refractivity contribution in [3.63, 3.8) is 0 Å². The second-order valence-electron chi connectivity index (χ2n) is 8.37. The summed E-state index contributed by atoms with van der Waals surface area (Å²) in [4.78, 5) is 28.8. The molecule has 0 saturated heterocycles. The molecule has 0 bridgehead atoms. The van der Waals surface area contributed by atoms with Crippen molar-refractivity contribution in [3.05, 3.63) is 89.7 Å². The molecular weight excluding hydrogens is 417 g/mol. The van der Waals surface area contributed by atoms with Gasteiger partial charge in [-0.1, -0.05) is 30.3 Å². The molecule has 0 unspecified atom stereocenters. The number of carbonyl (C=O) groups excluding carboxylic acids is 2. The summed E-state index contributed by atoms with van der Waals surface area (Å²) >= 11 is 0. The number of amides is 2. The first-order valence-corrected chi connectivity index (χ1v) is 11.1. The average Bonchev–Trinajstić information content (AvgIpc) is 3.56. The van der Waals surface area contributed by atoms with Gasteiger partial charge in [0.1, 0.15) is 5.82 Å². The number of aryl methyl sites for hydroxylation is 1. The summed E-state index contributed by atoms with van der Waals surface area (Å²) in [7, 11) is 0. The molecule has 0 aliphatic heterocycles. The number of hydrogen-bond acceptors (Lipinski definition) is 2. The summed E-state index contributed by atoms with van der Waals surface area (Å²) in [6, 6.07) is 21.6. The van der Waals surface area contributed by atoms with Gasteiger partial charge in [0.25, 0.3) is 5.91 Å². The van der Waals surface area contributed by atoms with E-state index in [-0.39, 0.29) is 30.1 Å². The zero-order chi connectivity index (χ0) is 22.8. The van der Waals surface area contributed by atoms with E-state index in [4.69, 9.17) is 0 Å². The van der Waals surface area contributed by atoms with Crippen LogP contribution in [0.25, 0.3) is 22.2 Å². The zero-order valence-electron chi connectivity index (χ0n) is 18.0. The number of anilines is 1. The van der Waals surface area contributed by atoms with Crippen LogP contribution in [0.3, 0.4) is 0 Å². The molecule has 6 heteroatoms. The Morgan fingerprint density at radius 3 is 2.45 bits per heavy atom. The maximum Gasteiger partial charge on any atom is 0.253 e. The fourth-order valence-corrected chi connectivity index (χ4v) is 4.05. The Balaban J connectivity index is 1.35. The highest BCUT2D eigenvalue weighted by molar-refractivity contribution is 6.04. The van der Waals surface area contributed by atoms with Crippen molar-refractivity contribution in [3.8, 4) is 11.3 Å². The quantitative estimate of drug-likeness (QED) is 0.357. The summed E-state index contributed by atoms with van der Waals surface area (Å²) in [6.07, 6.45) is 2.75. The molecule has 0 radical (unpaired) electrons. The molecule has 5 rings (SSSR count). The van der Waals surface area contributed by atoms with Gasteiger partial charge in [0.05, 0.1) is 11.3 Å². The van der Waals surface area contributed by atoms with Gasteiger partial charge in [-0.25, -0.2) is 4.39 Å². The lowest BCUT2D eigenvalue weighted by Gasteiger charge is -2.11. The minimum Gasteiger partial charge on any atom is -0.354 e. The van der Waals surface area contributed by atoms with Crippen LogP contribution in [0.2, 0.25) is 0 Å². The molecule has 2 amide bonds. The largest absolute Gasteiger partial charge is 0.354 e. The van der Waals surface area contributed by atoms with Crippen LogP contribution in [0.1, 0.15) is 35.2 Å². The van der Waals surface area contributed by atoms with Crippen LogP contribution in [-0.4, -0.2) is 22.8 Å².